The van der Waals surface area contributed by atoms with Crippen molar-refractivity contribution < 1.29 is 19.0 Å². The van der Waals surface area contributed by atoms with Gasteiger partial charge in [-0.05, 0) is 54.4 Å². The summed E-state index contributed by atoms with van der Waals surface area (Å²) >= 11 is 3.38. The number of rotatable bonds is 4. The van der Waals surface area contributed by atoms with E-state index in [0.29, 0.717) is 11.5 Å². The maximum Gasteiger partial charge on any atom is 0.428 e. The molecule has 1 aromatic carbocycles. The summed E-state index contributed by atoms with van der Waals surface area (Å²) in [4.78, 5) is 11.4. The second kappa shape index (κ2) is 7.31. The molecule has 21 heavy (non-hydrogen) atoms. The van der Waals surface area contributed by atoms with E-state index >= 15 is 0 Å². The smallest absolute Gasteiger partial charge is 0.428 e. The van der Waals surface area contributed by atoms with E-state index in [2.05, 4.69) is 26.5 Å². The lowest BCUT2D eigenvalue weighted by atomic mass is 10.2. The number of hydrogen-bond donors (Lipinski definition) is 1. The fourth-order valence-corrected chi connectivity index (χ4v) is 2.09. The Balaban J connectivity index is 2.77. The van der Waals surface area contributed by atoms with Crippen LogP contribution in [0.3, 0.4) is 0 Å². The highest BCUT2D eigenvalue weighted by Gasteiger charge is 2.15. The first-order valence-corrected chi connectivity index (χ1v) is 6.99. The molecule has 0 fully saturated rings. The molecule has 1 N–H and O–H groups in total. The van der Waals surface area contributed by atoms with Crippen LogP contribution in [-0.2, 0) is 4.74 Å². The Hall–Kier alpha value is -1.76. The van der Waals surface area contributed by atoms with Crippen molar-refractivity contribution in [2.24, 2.45) is 5.10 Å². The molecule has 1 rings (SSSR count). The average Bonchev–Trinajstić information content (AvgIpc) is 2.35. The van der Waals surface area contributed by atoms with Gasteiger partial charge >= 0.3 is 6.09 Å². The summed E-state index contributed by atoms with van der Waals surface area (Å²) in [5.41, 5.74) is 2.46. The number of hydrazone groups is 1. The molecule has 0 aliphatic rings. The minimum absolute atomic E-state index is 0.561. The van der Waals surface area contributed by atoms with E-state index < -0.39 is 11.7 Å². The van der Waals surface area contributed by atoms with Gasteiger partial charge in [0.15, 0.2) is 11.5 Å². The van der Waals surface area contributed by atoms with Gasteiger partial charge in [-0.3, -0.25) is 0 Å². The predicted octanol–water partition coefficient (Wildman–Crippen LogP) is 3.32. The summed E-state index contributed by atoms with van der Waals surface area (Å²) < 4.78 is 16.2. The molecule has 0 atom stereocenters. The van der Waals surface area contributed by atoms with Gasteiger partial charge in [-0.15, -0.1) is 0 Å². The van der Waals surface area contributed by atoms with E-state index in [1.165, 1.54) is 6.21 Å². The number of carbonyl (C=O) groups excluding carboxylic acids is 1. The monoisotopic (exact) mass is 358 g/mol. The minimum atomic E-state index is -0.613. The van der Waals surface area contributed by atoms with Crippen LogP contribution < -0.4 is 14.9 Å². The molecule has 0 spiro atoms. The lowest BCUT2D eigenvalue weighted by Gasteiger charge is -2.18. The number of amides is 1. The molecule has 116 valence electrons. The van der Waals surface area contributed by atoms with Crippen LogP contribution in [0.5, 0.6) is 11.5 Å². The molecule has 0 saturated carbocycles. The number of methoxy groups -OCH3 is 2. The quantitative estimate of drug-likeness (QED) is 0.661. The Morgan fingerprint density at radius 1 is 1.29 bits per heavy atom. The number of benzene rings is 1. The van der Waals surface area contributed by atoms with Gasteiger partial charge in [0, 0.05) is 0 Å². The number of ether oxygens (including phenoxy) is 3. The first-order chi connectivity index (χ1) is 9.76. The third-order valence-corrected chi connectivity index (χ3v) is 2.81. The van der Waals surface area contributed by atoms with Gasteiger partial charge in [-0.1, -0.05) is 0 Å². The maximum absolute atomic E-state index is 11.4. The lowest BCUT2D eigenvalue weighted by Crippen LogP contribution is -2.29. The fourth-order valence-electron chi connectivity index (χ4n) is 1.47. The summed E-state index contributed by atoms with van der Waals surface area (Å²) in [5, 5.41) is 3.83. The number of nitrogens with one attached hydrogen (secondary N) is 1. The van der Waals surface area contributed by atoms with Gasteiger partial charge in [0.25, 0.3) is 0 Å². The molecule has 1 amide bonds. The van der Waals surface area contributed by atoms with E-state index in [9.17, 15) is 4.79 Å². The van der Waals surface area contributed by atoms with Crippen LogP contribution in [0.15, 0.2) is 21.7 Å². The first kappa shape index (κ1) is 17.3. The molecule has 0 radical (unpaired) electrons. The average molecular weight is 359 g/mol. The van der Waals surface area contributed by atoms with Crippen molar-refractivity contribution >= 4 is 28.2 Å². The molecule has 0 bridgehead atoms. The molecule has 1 aromatic rings. The van der Waals surface area contributed by atoms with E-state index in [1.807, 2.05) is 0 Å². The summed E-state index contributed by atoms with van der Waals surface area (Å²) in [6.45, 7) is 5.34. The van der Waals surface area contributed by atoms with Crippen LogP contribution in [0.1, 0.15) is 26.3 Å². The largest absolute Gasteiger partial charge is 0.493 e. The van der Waals surface area contributed by atoms with E-state index in [4.69, 9.17) is 14.2 Å². The number of nitrogens with zero attached hydrogens (tertiary/aromatic N) is 1. The highest BCUT2D eigenvalue weighted by molar-refractivity contribution is 9.10. The van der Waals surface area contributed by atoms with Crippen molar-refractivity contribution in [2.75, 3.05) is 14.2 Å². The van der Waals surface area contributed by atoms with Crippen LogP contribution in [0, 0.1) is 0 Å². The van der Waals surface area contributed by atoms with Gasteiger partial charge in [0.1, 0.15) is 5.60 Å². The zero-order valence-electron chi connectivity index (χ0n) is 12.7. The minimum Gasteiger partial charge on any atom is -0.493 e. The molecule has 0 aromatic heterocycles. The maximum atomic E-state index is 11.4. The van der Waals surface area contributed by atoms with Crippen LogP contribution in [0.4, 0.5) is 4.79 Å². The van der Waals surface area contributed by atoms with Gasteiger partial charge in [-0.25, -0.2) is 10.2 Å². The molecular formula is C14H19BrN2O4. The molecule has 0 aliphatic heterocycles. The Morgan fingerprint density at radius 3 is 2.48 bits per heavy atom. The summed E-state index contributed by atoms with van der Waals surface area (Å²) in [6.07, 6.45) is 0.870. The van der Waals surface area contributed by atoms with Crippen LogP contribution in [0.25, 0.3) is 0 Å². The van der Waals surface area contributed by atoms with Crippen molar-refractivity contribution in [3.8, 4) is 11.5 Å². The predicted molar refractivity (Wildman–Crippen MR) is 84.2 cm³/mol. The van der Waals surface area contributed by atoms with Crippen molar-refractivity contribution in [2.45, 2.75) is 26.4 Å². The summed E-state index contributed by atoms with van der Waals surface area (Å²) in [5.74, 6) is 1.15. The van der Waals surface area contributed by atoms with E-state index in [0.717, 1.165) is 10.0 Å². The Morgan fingerprint density at radius 2 is 1.95 bits per heavy atom. The van der Waals surface area contributed by atoms with Crippen LogP contribution in [0.2, 0.25) is 0 Å². The van der Waals surface area contributed by atoms with Crippen molar-refractivity contribution in [1.29, 1.82) is 0 Å². The zero-order chi connectivity index (χ0) is 16.0. The van der Waals surface area contributed by atoms with E-state index in [1.54, 1.807) is 47.1 Å². The SMILES string of the molecule is COc1cc(/C=N\NC(=O)OC(C)(C)C)cc(Br)c1OC. The molecule has 0 heterocycles. The van der Waals surface area contributed by atoms with Crippen LogP contribution >= 0.6 is 15.9 Å². The zero-order valence-corrected chi connectivity index (χ0v) is 14.3. The number of halogens is 1. The normalized spacial score (nSPS) is 11.3. The summed E-state index contributed by atoms with van der Waals surface area (Å²) in [6, 6.07) is 3.53. The van der Waals surface area contributed by atoms with Gasteiger partial charge in [0.2, 0.25) is 0 Å². The molecule has 6 nitrogen and oxygen atoms in total. The van der Waals surface area contributed by atoms with Gasteiger partial charge in [-0.2, -0.15) is 5.10 Å². The van der Waals surface area contributed by atoms with Gasteiger partial charge < -0.3 is 14.2 Å². The first-order valence-electron chi connectivity index (χ1n) is 6.20. The van der Waals surface area contributed by atoms with E-state index in [-0.39, 0.29) is 0 Å². The topological polar surface area (TPSA) is 69.2 Å². The number of carbonyl (C=O) groups is 1. The van der Waals surface area contributed by atoms with Crippen molar-refractivity contribution in [3.05, 3.63) is 22.2 Å². The Labute approximate surface area is 132 Å². The van der Waals surface area contributed by atoms with Gasteiger partial charge in [0.05, 0.1) is 24.9 Å². The number of hydrogen-bond acceptors (Lipinski definition) is 5. The van der Waals surface area contributed by atoms with Crippen LogP contribution in [-0.4, -0.2) is 32.1 Å². The van der Waals surface area contributed by atoms with Crippen molar-refractivity contribution in [3.63, 3.8) is 0 Å². The molecule has 0 unspecified atom stereocenters. The Bertz CT molecular complexity index is 539. The molecule has 0 saturated heterocycles. The third kappa shape index (κ3) is 5.63. The van der Waals surface area contributed by atoms with Crippen molar-refractivity contribution in [1.82, 2.24) is 5.43 Å². The lowest BCUT2D eigenvalue weighted by molar-refractivity contribution is 0.0529. The Kier molecular flexibility index (Phi) is 6.02. The highest BCUT2D eigenvalue weighted by atomic mass is 79.9. The molecule has 7 heteroatoms. The second-order valence-corrected chi connectivity index (χ2v) is 5.96. The third-order valence-electron chi connectivity index (χ3n) is 2.22. The molecule has 0 aliphatic carbocycles. The highest BCUT2D eigenvalue weighted by Crippen LogP contribution is 2.35. The standard InChI is InChI=1S/C14H19BrN2O4/c1-14(2,3)21-13(18)17-16-8-9-6-10(15)12(20-5)11(7-9)19-4/h6-8H,1-5H3,(H,17,18)/b16-8-. The fraction of sp³-hybridized carbons (Fsp3) is 0.429. The second-order valence-electron chi connectivity index (χ2n) is 5.11. The molecular weight excluding hydrogens is 340 g/mol. The summed E-state index contributed by atoms with van der Waals surface area (Å²) in [7, 11) is 3.10.